The number of rotatable bonds is 6. The first-order valence-electron chi connectivity index (χ1n) is 6.51. The topological polar surface area (TPSA) is 55.4 Å². The molecule has 0 saturated carbocycles. The predicted octanol–water partition coefficient (Wildman–Crippen LogP) is 2.76. The van der Waals surface area contributed by atoms with Gasteiger partial charge in [0.05, 0.1) is 0 Å². The molecule has 2 rings (SSSR count). The minimum Gasteiger partial charge on any atom is -0.452 e. The summed E-state index contributed by atoms with van der Waals surface area (Å²) < 4.78 is 17.5. The average Bonchev–Trinajstić information content (AvgIpc) is 3.04. The van der Waals surface area contributed by atoms with E-state index in [4.69, 9.17) is 4.74 Å². The van der Waals surface area contributed by atoms with Crippen LogP contribution in [0.5, 0.6) is 0 Å². The Balaban J connectivity index is 1.68. The second-order valence-corrected chi connectivity index (χ2v) is 5.18. The van der Waals surface area contributed by atoms with Crippen LogP contribution < -0.4 is 5.32 Å². The van der Waals surface area contributed by atoms with E-state index in [9.17, 15) is 14.0 Å². The van der Waals surface area contributed by atoms with Crippen LogP contribution >= 0.6 is 11.3 Å². The molecule has 1 N–H and O–H groups in total. The summed E-state index contributed by atoms with van der Waals surface area (Å²) in [6.07, 6.45) is 2.89. The summed E-state index contributed by atoms with van der Waals surface area (Å²) in [5.41, 5.74) is 1.67. The van der Waals surface area contributed by atoms with Gasteiger partial charge in [-0.05, 0) is 46.2 Å². The van der Waals surface area contributed by atoms with Crippen molar-refractivity contribution in [3.05, 3.63) is 64.1 Å². The highest BCUT2D eigenvalue weighted by Gasteiger charge is 2.05. The zero-order valence-electron chi connectivity index (χ0n) is 11.6. The maximum absolute atomic E-state index is 12.7. The minimum absolute atomic E-state index is 0.251. The molecule has 0 unspecified atom stereocenters. The van der Waals surface area contributed by atoms with Gasteiger partial charge in [-0.15, -0.1) is 0 Å². The highest BCUT2D eigenvalue weighted by molar-refractivity contribution is 7.08. The van der Waals surface area contributed by atoms with Crippen molar-refractivity contribution in [3.8, 4) is 0 Å². The van der Waals surface area contributed by atoms with E-state index in [-0.39, 0.29) is 19.0 Å². The van der Waals surface area contributed by atoms with Crippen LogP contribution in [0.2, 0.25) is 0 Å². The fourth-order valence-electron chi connectivity index (χ4n) is 1.57. The minimum atomic E-state index is -0.580. The van der Waals surface area contributed by atoms with E-state index in [2.05, 4.69) is 5.32 Å². The van der Waals surface area contributed by atoms with Gasteiger partial charge in [-0.25, -0.2) is 9.18 Å². The summed E-state index contributed by atoms with van der Waals surface area (Å²) in [6, 6.07) is 7.65. The van der Waals surface area contributed by atoms with Crippen LogP contribution in [0.4, 0.5) is 4.39 Å². The lowest BCUT2D eigenvalue weighted by Crippen LogP contribution is -2.28. The monoisotopic (exact) mass is 319 g/mol. The molecule has 4 nitrogen and oxygen atoms in total. The normalized spacial score (nSPS) is 10.6. The lowest BCUT2D eigenvalue weighted by atomic mass is 10.2. The lowest BCUT2D eigenvalue weighted by molar-refractivity contribution is -0.143. The highest BCUT2D eigenvalue weighted by atomic mass is 32.1. The van der Waals surface area contributed by atoms with E-state index in [0.717, 1.165) is 11.1 Å². The van der Waals surface area contributed by atoms with Crippen LogP contribution in [-0.4, -0.2) is 18.5 Å². The number of amides is 1. The van der Waals surface area contributed by atoms with Gasteiger partial charge < -0.3 is 10.1 Å². The molecule has 22 heavy (non-hydrogen) atoms. The van der Waals surface area contributed by atoms with Crippen LogP contribution in [0.15, 0.2) is 47.2 Å². The summed E-state index contributed by atoms with van der Waals surface area (Å²) in [5.74, 6) is -1.33. The van der Waals surface area contributed by atoms with Crippen molar-refractivity contribution < 1.29 is 18.7 Å². The largest absolute Gasteiger partial charge is 0.452 e. The first-order valence-corrected chi connectivity index (χ1v) is 7.46. The van der Waals surface area contributed by atoms with Gasteiger partial charge in [0.1, 0.15) is 5.82 Å². The van der Waals surface area contributed by atoms with E-state index in [1.165, 1.54) is 29.5 Å². The zero-order valence-corrected chi connectivity index (χ0v) is 12.4. The van der Waals surface area contributed by atoms with Gasteiger partial charge in [-0.2, -0.15) is 11.3 Å². The molecule has 6 heteroatoms. The van der Waals surface area contributed by atoms with Crippen molar-refractivity contribution in [2.45, 2.75) is 6.54 Å². The van der Waals surface area contributed by atoms with Crippen molar-refractivity contribution in [2.75, 3.05) is 6.61 Å². The summed E-state index contributed by atoms with van der Waals surface area (Å²) in [7, 11) is 0. The molecule has 0 aliphatic carbocycles. The van der Waals surface area contributed by atoms with Crippen molar-refractivity contribution in [1.29, 1.82) is 0 Å². The van der Waals surface area contributed by atoms with Crippen LogP contribution in [0, 0.1) is 5.82 Å². The fourth-order valence-corrected chi connectivity index (χ4v) is 2.20. The number of halogens is 1. The van der Waals surface area contributed by atoms with Crippen molar-refractivity contribution in [3.63, 3.8) is 0 Å². The van der Waals surface area contributed by atoms with Gasteiger partial charge in [-0.1, -0.05) is 12.1 Å². The van der Waals surface area contributed by atoms with Crippen LogP contribution in [0.1, 0.15) is 11.1 Å². The molecule has 0 fully saturated rings. The number of hydrogen-bond donors (Lipinski definition) is 1. The number of hydrogen-bond acceptors (Lipinski definition) is 4. The molecule has 1 amide bonds. The first kappa shape index (κ1) is 15.9. The predicted molar refractivity (Wildman–Crippen MR) is 82.6 cm³/mol. The summed E-state index contributed by atoms with van der Waals surface area (Å²) in [4.78, 5) is 23.0. The molecule has 0 spiro atoms. The molecule has 1 aromatic heterocycles. The molecule has 0 radical (unpaired) electrons. The molecule has 0 aliphatic rings. The third-order valence-corrected chi connectivity index (χ3v) is 3.40. The number of esters is 1. The Morgan fingerprint density at radius 1 is 1.23 bits per heavy atom. The molecule has 0 aliphatic heterocycles. The van der Waals surface area contributed by atoms with E-state index >= 15 is 0 Å². The van der Waals surface area contributed by atoms with Crippen LogP contribution in [0.3, 0.4) is 0 Å². The Morgan fingerprint density at radius 3 is 2.68 bits per heavy atom. The number of carbonyl (C=O) groups is 2. The quantitative estimate of drug-likeness (QED) is 0.658. The molecule has 1 heterocycles. The molecule has 1 aromatic carbocycles. The third-order valence-electron chi connectivity index (χ3n) is 2.70. The Labute approximate surface area is 131 Å². The SMILES string of the molecule is O=C(COC(=O)/C=C/c1ccsc1)NCc1ccc(F)cc1. The van der Waals surface area contributed by atoms with Gasteiger partial charge in [0.15, 0.2) is 6.61 Å². The van der Waals surface area contributed by atoms with Gasteiger partial charge in [0.2, 0.25) is 0 Å². The van der Waals surface area contributed by atoms with Gasteiger partial charge in [0.25, 0.3) is 5.91 Å². The van der Waals surface area contributed by atoms with Crippen LogP contribution in [0.25, 0.3) is 6.08 Å². The highest BCUT2D eigenvalue weighted by Crippen LogP contribution is 2.07. The van der Waals surface area contributed by atoms with Crippen LogP contribution in [-0.2, 0) is 20.9 Å². The summed E-state index contributed by atoms with van der Waals surface area (Å²) in [6.45, 7) is -0.102. The number of ether oxygens (including phenoxy) is 1. The third kappa shape index (κ3) is 5.49. The van der Waals surface area contributed by atoms with Gasteiger partial charge in [-0.3, -0.25) is 4.79 Å². The van der Waals surface area contributed by atoms with E-state index in [1.807, 2.05) is 16.8 Å². The number of nitrogens with one attached hydrogen (secondary N) is 1. The second kappa shape index (κ2) is 8.09. The molecule has 2 aromatic rings. The summed E-state index contributed by atoms with van der Waals surface area (Å²) >= 11 is 1.52. The van der Waals surface area contributed by atoms with Crippen molar-refractivity contribution >= 4 is 29.3 Å². The Kier molecular flexibility index (Phi) is 5.85. The maximum atomic E-state index is 12.7. The molecule has 0 bridgehead atoms. The van der Waals surface area contributed by atoms with E-state index < -0.39 is 11.9 Å². The van der Waals surface area contributed by atoms with Crippen molar-refractivity contribution in [1.82, 2.24) is 5.32 Å². The first-order chi connectivity index (χ1) is 10.6. The number of carbonyl (C=O) groups excluding carboxylic acids is 2. The van der Waals surface area contributed by atoms with Gasteiger partial charge >= 0.3 is 5.97 Å². The maximum Gasteiger partial charge on any atom is 0.331 e. The average molecular weight is 319 g/mol. The standard InChI is InChI=1S/C16H14FNO3S/c17-14-4-1-12(2-5-14)9-18-15(19)10-21-16(20)6-3-13-7-8-22-11-13/h1-8,11H,9-10H2,(H,18,19)/b6-3+. The molecule has 114 valence electrons. The molecular formula is C16H14FNO3S. The fraction of sp³-hybridized carbons (Fsp3) is 0.125. The smallest absolute Gasteiger partial charge is 0.331 e. The second-order valence-electron chi connectivity index (χ2n) is 4.40. The Morgan fingerprint density at radius 2 is 2.00 bits per heavy atom. The number of benzene rings is 1. The summed E-state index contributed by atoms with van der Waals surface area (Å²) in [5, 5.41) is 6.37. The zero-order chi connectivity index (χ0) is 15.8. The molecular weight excluding hydrogens is 305 g/mol. The van der Waals surface area contributed by atoms with Gasteiger partial charge in [0, 0.05) is 12.6 Å². The Hall–Kier alpha value is -2.47. The molecule has 0 atom stereocenters. The van der Waals surface area contributed by atoms with Crippen molar-refractivity contribution in [2.24, 2.45) is 0 Å². The Bertz CT molecular complexity index is 651. The van der Waals surface area contributed by atoms with E-state index in [0.29, 0.717) is 0 Å². The molecule has 0 saturated heterocycles. The lowest BCUT2D eigenvalue weighted by Gasteiger charge is -2.05. The van der Waals surface area contributed by atoms with E-state index in [1.54, 1.807) is 18.2 Å². The number of thiophene rings is 1.